The fourth-order valence-corrected chi connectivity index (χ4v) is 4.24. The van der Waals surface area contributed by atoms with Crippen molar-refractivity contribution in [3.8, 4) is 0 Å². The van der Waals surface area contributed by atoms with Gasteiger partial charge in [-0.1, -0.05) is 11.8 Å². The Morgan fingerprint density at radius 1 is 1.24 bits per heavy atom. The van der Waals surface area contributed by atoms with Crippen LogP contribution in [-0.4, -0.2) is 39.4 Å². The number of nitrogens with zero attached hydrogens (tertiary/aromatic N) is 3. The molecule has 5 nitrogen and oxygen atoms in total. The van der Waals surface area contributed by atoms with E-state index < -0.39 is 0 Å². The van der Waals surface area contributed by atoms with E-state index in [4.69, 9.17) is 4.74 Å². The van der Waals surface area contributed by atoms with E-state index >= 15 is 0 Å². The van der Waals surface area contributed by atoms with Crippen molar-refractivity contribution in [2.45, 2.75) is 59.3 Å². The Kier molecular flexibility index (Phi) is 6.52. The van der Waals surface area contributed by atoms with Gasteiger partial charge < -0.3 is 13.9 Å². The summed E-state index contributed by atoms with van der Waals surface area (Å²) in [6, 6.07) is 2.36. The van der Waals surface area contributed by atoms with E-state index in [9.17, 15) is 4.79 Å². The minimum atomic E-state index is 0.154. The molecule has 0 aliphatic rings. The van der Waals surface area contributed by atoms with Crippen LogP contribution in [0.4, 0.5) is 0 Å². The summed E-state index contributed by atoms with van der Waals surface area (Å²) in [5.74, 6) is 0.548. The van der Waals surface area contributed by atoms with Crippen molar-refractivity contribution in [1.29, 1.82) is 0 Å². The highest BCUT2D eigenvalue weighted by Crippen LogP contribution is 2.25. The third-order valence-electron chi connectivity index (χ3n) is 4.58. The minimum absolute atomic E-state index is 0.154. The van der Waals surface area contributed by atoms with Crippen LogP contribution in [0.2, 0.25) is 0 Å². The molecule has 138 valence electrons. The van der Waals surface area contributed by atoms with Crippen LogP contribution in [0.15, 0.2) is 11.2 Å². The molecule has 0 atom stereocenters. The SMILES string of the molecule is COCCn1c(SCC(=O)c2cc(C)n(C(C)C)c2C)nc(C)c1C. The first-order chi connectivity index (χ1) is 11.8. The summed E-state index contributed by atoms with van der Waals surface area (Å²) in [6.45, 7) is 13.8. The molecule has 0 aliphatic heterocycles. The molecule has 2 heterocycles. The maximum Gasteiger partial charge on any atom is 0.175 e. The number of thioether (sulfide) groups is 1. The van der Waals surface area contributed by atoms with Gasteiger partial charge in [0.15, 0.2) is 10.9 Å². The van der Waals surface area contributed by atoms with Gasteiger partial charge in [0.25, 0.3) is 0 Å². The van der Waals surface area contributed by atoms with Gasteiger partial charge in [0.05, 0.1) is 18.1 Å². The summed E-state index contributed by atoms with van der Waals surface area (Å²) in [6.07, 6.45) is 0. The molecule has 0 unspecified atom stereocenters. The number of ketones is 1. The molecule has 0 saturated carbocycles. The van der Waals surface area contributed by atoms with Crippen LogP contribution in [0, 0.1) is 27.7 Å². The maximum absolute atomic E-state index is 12.7. The fraction of sp³-hybridized carbons (Fsp3) is 0.579. The smallest absolute Gasteiger partial charge is 0.175 e. The Labute approximate surface area is 154 Å². The fourth-order valence-electron chi connectivity index (χ4n) is 3.24. The molecule has 2 rings (SSSR count). The molecule has 0 amide bonds. The molecule has 0 radical (unpaired) electrons. The number of carbonyl (C=O) groups excluding carboxylic acids is 1. The van der Waals surface area contributed by atoms with Crippen molar-refractivity contribution in [3.05, 3.63) is 34.4 Å². The number of aromatic nitrogens is 3. The van der Waals surface area contributed by atoms with Gasteiger partial charge in [0, 0.05) is 42.3 Å². The van der Waals surface area contributed by atoms with Crippen LogP contribution >= 0.6 is 11.8 Å². The highest BCUT2D eigenvalue weighted by molar-refractivity contribution is 7.99. The standard InChI is InChI=1S/C19H29N3O2S/c1-12(2)22-13(3)10-17(16(22)6)18(23)11-25-19-20-14(4)15(5)21(19)8-9-24-7/h10,12H,8-9,11H2,1-7H3. The highest BCUT2D eigenvalue weighted by Gasteiger charge is 2.19. The lowest BCUT2D eigenvalue weighted by molar-refractivity contribution is 0.102. The zero-order valence-corrected chi connectivity index (χ0v) is 17.2. The molecular weight excluding hydrogens is 334 g/mol. The number of imidazole rings is 1. The van der Waals surface area contributed by atoms with Gasteiger partial charge >= 0.3 is 0 Å². The lowest BCUT2D eigenvalue weighted by Crippen LogP contribution is -2.10. The Balaban J connectivity index is 2.16. The zero-order chi connectivity index (χ0) is 18.7. The van der Waals surface area contributed by atoms with E-state index in [1.165, 1.54) is 11.8 Å². The van der Waals surface area contributed by atoms with Crippen LogP contribution in [0.1, 0.15) is 53.0 Å². The van der Waals surface area contributed by atoms with Crippen molar-refractivity contribution >= 4 is 17.5 Å². The average molecular weight is 364 g/mol. The summed E-state index contributed by atoms with van der Waals surface area (Å²) < 4.78 is 9.53. The lowest BCUT2D eigenvalue weighted by atomic mass is 10.2. The first kappa shape index (κ1) is 19.8. The summed E-state index contributed by atoms with van der Waals surface area (Å²) in [4.78, 5) is 17.4. The quantitative estimate of drug-likeness (QED) is 0.523. The second-order valence-electron chi connectivity index (χ2n) is 6.67. The molecule has 0 aromatic carbocycles. The van der Waals surface area contributed by atoms with E-state index in [0.717, 1.165) is 40.0 Å². The molecule has 2 aromatic rings. The number of methoxy groups -OCH3 is 1. The largest absolute Gasteiger partial charge is 0.383 e. The van der Waals surface area contributed by atoms with Crippen LogP contribution in [0.5, 0.6) is 0 Å². The van der Waals surface area contributed by atoms with Crippen molar-refractivity contribution in [3.63, 3.8) is 0 Å². The van der Waals surface area contributed by atoms with Crippen molar-refractivity contribution < 1.29 is 9.53 Å². The third-order valence-corrected chi connectivity index (χ3v) is 5.55. The molecular formula is C19H29N3O2S. The molecule has 0 saturated heterocycles. The normalized spacial score (nSPS) is 11.5. The third kappa shape index (κ3) is 4.18. The topological polar surface area (TPSA) is 49.0 Å². The molecule has 0 N–H and O–H groups in total. The maximum atomic E-state index is 12.7. The Morgan fingerprint density at radius 3 is 2.48 bits per heavy atom. The van der Waals surface area contributed by atoms with Crippen molar-refractivity contribution in [2.75, 3.05) is 19.5 Å². The minimum Gasteiger partial charge on any atom is -0.383 e. The van der Waals surface area contributed by atoms with Crippen LogP contribution in [0.3, 0.4) is 0 Å². The van der Waals surface area contributed by atoms with Crippen LogP contribution in [0.25, 0.3) is 0 Å². The number of hydrogen-bond acceptors (Lipinski definition) is 4. The molecule has 2 aromatic heterocycles. The van der Waals surface area contributed by atoms with Crippen molar-refractivity contribution in [1.82, 2.24) is 14.1 Å². The molecule has 25 heavy (non-hydrogen) atoms. The average Bonchev–Trinajstić information content (AvgIpc) is 3.00. The number of aryl methyl sites for hydroxylation is 2. The second-order valence-corrected chi connectivity index (χ2v) is 7.61. The molecule has 0 spiro atoms. The van der Waals surface area contributed by atoms with E-state index in [1.807, 2.05) is 19.9 Å². The number of rotatable bonds is 8. The van der Waals surface area contributed by atoms with Gasteiger partial charge in [-0.05, 0) is 47.6 Å². The molecule has 0 fully saturated rings. The molecule has 6 heteroatoms. The number of Topliss-reactive ketones (excluding diaryl/α,β-unsaturated/α-hetero) is 1. The first-order valence-electron chi connectivity index (χ1n) is 8.65. The summed E-state index contributed by atoms with van der Waals surface area (Å²) in [5, 5.41) is 0.887. The number of hydrogen-bond donors (Lipinski definition) is 0. The van der Waals surface area contributed by atoms with Gasteiger partial charge in [-0.3, -0.25) is 4.79 Å². The monoisotopic (exact) mass is 363 g/mol. The number of ether oxygens (including phenoxy) is 1. The highest BCUT2D eigenvalue weighted by atomic mass is 32.2. The summed E-state index contributed by atoms with van der Waals surface area (Å²) >= 11 is 1.51. The molecule has 0 bridgehead atoms. The Morgan fingerprint density at radius 2 is 1.92 bits per heavy atom. The lowest BCUT2D eigenvalue weighted by Gasteiger charge is -2.13. The first-order valence-corrected chi connectivity index (χ1v) is 9.63. The van der Waals surface area contributed by atoms with Crippen LogP contribution in [-0.2, 0) is 11.3 Å². The van der Waals surface area contributed by atoms with Gasteiger partial charge in [0.1, 0.15) is 0 Å². The van der Waals surface area contributed by atoms with Gasteiger partial charge in [-0.2, -0.15) is 0 Å². The van der Waals surface area contributed by atoms with E-state index in [0.29, 0.717) is 18.4 Å². The van der Waals surface area contributed by atoms with Gasteiger partial charge in [0.2, 0.25) is 0 Å². The number of carbonyl (C=O) groups is 1. The van der Waals surface area contributed by atoms with Crippen molar-refractivity contribution in [2.24, 2.45) is 0 Å². The summed E-state index contributed by atoms with van der Waals surface area (Å²) in [7, 11) is 1.69. The second kappa shape index (κ2) is 8.23. The van der Waals surface area contributed by atoms with E-state index in [1.54, 1.807) is 7.11 Å². The Hall–Kier alpha value is -1.53. The van der Waals surface area contributed by atoms with Gasteiger partial charge in [-0.25, -0.2) is 4.98 Å². The van der Waals surface area contributed by atoms with Gasteiger partial charge in [-0.15, -0.1) is 0 Å². The Bertz CT molecular complexity index is 759. The summed E-state index contributed by atoms with van der Waals surface area (Å²) in [5.41, 5.74) is 5.14. The van der Waals surface area contributed by atoms with Crippen LogP contribution < -0.4 is 0 Å². The zero-order valence-electron chi connectivity index (χ0n) is 16.3. The van der Waals surface area contributed by atoms with E-state index in [-0.39, 0.29) is 5.78 Å². The predicted molar refractivity (Wildman–Crippen MR) is 103 cm³/mol. The predicted octanol–water partition coefficient (Wildman–Crippen LogP) is 4.12. The molecule has 0 aliphatic carbocycles. The van der Waals surface area contributed by atoms with E-state index in [2.05, 4.69) is 41.8 Å².